The van der Waals surface area contributed by atoms with Crippen LogP contribution in [-0.4, -0.2) is 35.2 Å². The number of aliphatic hydroxyl groups excluding tert-OH is 1. The first-order valence-corrected chi connectivity index (χ1v) is 7.07. The van der Waals surface area contributed by atoms with Crippen LogP contribution in [0.25, 0.3) is 0 Å². The van der Waals surface area contributed by atoms with Gasteiger partial charge in [-0.1, -0.05) is 6.92 Å². The molecule has 1 heterocycles. The minimum Gasteiger partial charge on any atom is -0.392 e. The maximum absolute atomic E-state index is 11.4. The second-order valence-corrected chi connectivity index (χ2v) is 4.91. The molecule has 0 aliphatic carbocycles. The first-order valence-electron chi connectivity index (χ1n) is 6.19. The van der Waals surface area contributed by atoms with Crippen LogP contribution in [0.15, 0.2) is 5.38 Å². The number of carbonyl (C=O) groups is 1. The van der Waals surface area contributed by atoms with E-state index >= 15 is 0 Å². The molecule has 6 heteroatoms. The predicted molar refractivity (Wildman–Crippen MR) is 73.8 cm³/mol. The van der Waals surface area contributed by atoms with Crippen molar-refractivity contribution < 1.29 is 9.90 Å². The number of thiazole rings is 1. The molecular weight excluding hydrogens is 250 g/mol. The van der Waals surface area contributed by atoms with E-state index in [4.69, 9.17) is 0 Å². The zero-order valence-corrected chi connectivity index (χ0v) is 12.0. The molecule has 0 saturated heterocycles. The van der Waals surface area contributed by atoms with Gasteiger partial charge in [-0.15, -0.1) is 11.3 Å². The van der Waals surface area contributed by atoms with Crippen molar-refractivity contribution in [1.82, 2.24) is 10.3 Å². The van der Waals surface area contributed by atoms with Crippen molar-refractivity contribution in [2.24, 2.45) is 0 Å². The number of carbonyl (C=O) groups excluding carboxylic acids is 1. The van der Waals surface area contributed by atoms with Gasteiger partial charge in [0.25, 0.3) is 0 Å². The highest BCUT2D eigenvalue weighted by Gasteiger charge is 2.13. The molecule has 102 valence electrons. The van der Waals surface area contributed by atoms with Crippen LogP contribution in [0.3, 0.4) is 0 Å². The Balaban J connectivity index is 2.50. The number of amides is 1. The second kappa shape index (κ2) is 7.45. The Morgan fingerprint density at radius 3 is 2.89 bits per heavy atom. The summed E-state index contributed by atoms with van der Waals surface area (Å²) in [6.45, 7) is 7.22. The lowest BCUT2D eigenvalue weighted by Crippen LogP contribution is -2.28. The molecule has 0 spiro atoms. The van der Waals surface area contributed by atoms with Crippen LogP contribution in [-0.2, 0) is 11.3 Å². The van der Waals surface area contributed by atoms with Gasteiger partial charge in [0.15, 0.2) is 5.13 Å². The third-order valence-corrected chi connectivity index (χ3v) is 3.54. The Kier molecular flexibility index (Phi) is 6.24. The quantitative estimate of drug-likeness (QED) is 0.786. The summed E-state index contributed by atoms with van der Waals surface area (Å²) < 4.78 is 0. The van der Waals surface area contributed by atoms with E-state index in [-0.39, 0.29) is 12.0 Å². The van der Waals surface area contributed by atoms with Crippen molar-refractivity contribution in [3.05, 3.63) is 11.1 Å². The minimum atomic E-state index is -0.313. The Hall–Kier alpha value is -0.980. The summed E-state index contributed by atoms with van der Waals surface area (Å²) >= 11 is 1.47. The fourth-order valence-corrected chi connectivity index (χ4v) is 2.44. The van der Waals surface area contributed by atoms with E-state index in [1.54, 1.807) is 11.8 Å². The van der Waals surface area contributed by atoms with Gasteiger partial charge in [-0.2, -0.15) is 0 Å². The van der Waals surface area contributed by atoms with Crippen molar-refractivity contribution >= 4 is 22.4 Å². The van der Waals surface area contributed by atoms with Gasteiger partial charge in [0.05, 0.1) is 11.8 Å². The van der Waals surface area contributed by atoms with Gasteiger partial charge >= 0.3 is 0 Å². The molecule has 0 aromatic carbocycles. The third-order valence-electron chi connectivity index (χ3n) is 2.62. The highest BCUT2D eigenvalue weighted by Crippen LogP contribution is 2.20. The molecule has 0 bridgehead atoms. The van der Waals surface area contributed by atoms with Crippen LogP contribution in [0.2, 0.25) is 0 Å². The van der Waals surface area contributed by atoms with Gasteiger partial charge in [0.2, 0.25) is 5.91 Å². The second-order valence-electron chi connectivity index (χ2n) is 4.08. The highest BCUT2D eigenvalue weighted by molar-refractivity contribution is 7.14. The number of aromatic nitrogens is 1. The van der Waals surface area contributed by atoms with E-state index in [1.165, 1.54) is 11.3 Å². The molecule has 2 N–H and O–H groups in total. The van der Waals surface area contributed by atoms with Crippen LogP contribution in [0.5, 0.6) is 0 Å². The SMILES string of the molecule is CCC(O)CNCc1csc(N(CC)C(C)=O)n1. The van der Waals surface area contributed by atoms with Crippen LogP contribution in [0.4, 0.5) is 5.13 Å². The van der Waals surface area contributed by atoms with Crippen LogP contribution >= 0.6 is 11.3 Å². The molecule has 0 aliphatic rings. The molecule has 1 atom stereocenters. The lowest BCUT2D eigenvalue weighted by molar-refractivity contribution is -0.116. The standard InChI is InChI=1S/C12H21N3O2S/c1-4-11(17)7-13-6-10-8-18-12(14-10)15(5-2)9(3)16/h8,11,13,17H,4-7H2,1-3H3. The summed E-state index contributed by atoms with van der Waals surface area (Å²) in [4.78, 5) is 17.4. The Bertz CT molecular complexity index is 381. The molecule has 0 radical (unpaired) electrons. The number of aliphatic hydroxyl groups is 1. The number of nitrogens with one attached hydrogen (secondary N) is 1. The fraction of sp³-hybridized carbons (Fsp3) is 0.667. The van der Waals surface area contributed by atoms with Crippen molar-refractivity contribution in [1.29, 1.82) is 0 Å². The summed E-state index contributed by atoms with van der Waals surface area (Å²) in [5.41, 5.74) is 0.901. The highest BCUT2D eigenvalue weighted by atomic mass is 32.1. The molecule has 5 nitrogen and oxygen atoms in total. The fourth-order valence-electron chi connectivity index (χ4n) is 1.51. The van der Waals surface area contributed by atoms with E-state index in [9.17, 15) is 9.90 Å². The largest absolute Gasteiger partial charge is 0.392 e. The summed E-state index contributed by atoms with van der Waals surface area (Å²) in [6.07, 6.45) is 0.427. The molecule has 1 aromatic rings. The molecule has 1 unspecified atom stereocenters. The van der Waals surface area contributed by atoms with E-state index in [0.29, 0.717) is 19.6 Å². The molecule has 1 amide bonds. The lowest BCUT2D eigenvalue weighted by Gasteiger charge is -2.14. The number of hydrogen-bond donors (Lipinski definition) is 2. The molecule has 1 rings (SSSR count). The molecule has 0 fully saturated rings. The van der Waals surface area contributed by atoms with E-state index in [0.717, 1.165) is 17.2 Å². The average Bonchev–Trinajstić information content (AvgIpc) is 2.78. The summed E-state index contributed by atoms with van der Waals surface area (Å²) in [7, 11) is 0. The number of anilines is 1. The monoisotopic (exact) mass is 271 g/mol. The summed E-state index contributed by atoms with van der Waals surface area (Å²) in [5, 5.41) is 15.2. The Morgan fingerprint density at radius 1 is 1.61 bits per heavy atom. The van der Waals surface area contributed by atoms with E-state index < -0.39 is 0 Å². The lowest BCUT2D eigenvalue weighted by atomic mass is 10.3. The van der Waals surface area contributed by atoms with Gasteiger partial charge in [-0.05, 0) is 13.3 Å². The Labute approximate surface area is 112 Å². The van der Waals surface area contributed by atoms with Gasteiger partial charge in [0, 0.05) is 31.9 Å². The molecule has 0 saturated carbocycles. The predicted octanol–water partition coefficient (Wildman–Crippen LogP) is 1.38. The zero-order valence-electron chi connectivity index (χ0n) is 11.1. The van der Waals surface area contributed by atoms with Crippen molar-refractivity contribution in [3.63, 3.8) is 0 Å². The number of rotatable bonds is 7. The molecule has 1 aromatic heterocycles. The average molecular weight is 271 g/mol. The smallest absolute Gasteiger partial charge is 0.225 e. The van der Waals surface area contributed by atoms with Gasteiger partial charge in [-0.25, -0.2) is 4.98 Å². The molecule has 0 aliphatic heterocycles. The van der Waals surface area contributed by atoms with Gasteiger partial charge in [-0.3, -0.25) is 9.69 Å². The third kappa shape index (κ3) is 4.36. The normalized spacial score (nSPS) is 12.4. The summed E-state index contributed by atoms with van der Waals surface area (Å²) in [5.74, 6) is 0.00719. The van der Waals surface area contributed by atoms with E-state index in [2.05, 4.69) is 10.3 Å². The first-order chi connectivity index (χ1) is 8.58. The van der Waals surface area contributed by atoms with Crippen LogP contribution < -0.4 is 10.2 Å². The number of hydrogen-bond acceptors (Lipinski definition) is 5. The van der Waals surface area contributed by atoms with Crippen molar-refractivity contribution in [2.45, 2.75) is 39.8 Å². The summed E-state index contributed by atoms with van der Waals surface area (Å²) in [6, 6.07) is 0. The van der Waals surface area contributed by atoms with Crippen molar-refractivity contribution in [3.8, 4) is 0 Å². The topological polar surface area (TPSA) is 65.5 Å². The first kappa shape index (κ1) is 15.1. The maximum atomic E-state index is 11.4. The molecule has 18 heavy (non-hydrogen) atoms. The maximum Gasteiger partial charge on any atom is 0.225 e. The number of nitrogens with zero attached hydrogens (tertiary/aromatic N) is 2. The zero-order chi connectivity index (χ0) is 13.5. The van der Waals surface area contributed by atoms with Crippen molar-refractivity contribution in [2.75, 3.05) is 18.0 Å². The van der Waals surface area contributed by atoms with Crippen LogP contribution in [0, 0.1) is 0 Å². The minimum absolute atomic E-state index is 0.00719. The van der Waals surface area contributed by atoms with Crippen LogP contribution in [0.1, 0.15) is 32.9 Å². The molecular formula is C12H21N3O2S. The van der Waals surface area contributed by atoms with E-state index in [1.807, 2.05) is 19.2 Å². The van der Waals surface area contributed by atoms with Gasteiger partial charge in [0.1, 0.15) is 0 Å². The van der Waals surface area contributed by atoms with Gasteiger partial charge < -0.3 is 10.4 Å². The Morgan fingerprint density at radius 2 is 2.33 bits per heavy atom.